The van der Waals surface area contributed by atoms with Crippen molar-refractivity contribution in [2.75, 3.05) is 11.9 Å². The molecule has 2 amide bonds. The third-order valence-electron chi connectivity index (χ3n) is 5.82. The Labute approximate surface area is 195 Å². The van der Waals surface area contributed by atoms with Crippen LogP contribution in [0.25, 0.3) is 11.1 Å². The molecule has 1 atom stereocenters. The second kappa shape index (κ2) is 9.74. The molecule has 0 aliphatic heterocycles. The van der Waals surface area contributed by atoms with Gasteiger partial charge in [0, 0.05) is 11.6 Å². The number of carbonyl (C=O) groups is 3. The zero-order valence-corrected chi connectivity index (χ0v) is 18.4. The average Bonchev–Trinajstić information content (AvgIpc) is 3.16. The zero-order valence-electron chi connectivity index (χ0n) is 18.4. The van der Waals surface area contributed by atoms with E-state index in [9.17, 15) is 18.8 Å². The number of benzene rings is 3. The molecular formula is C26H23FN2O5. The summed E-state index contributed by atoms with van der Waals surface area (Å²) in [6, 6.07) is 18.2. The van der Waals surface area contributed by atoms with E-state index in [1.54, 1.807) is 6.92 Å². The van der Waals surface area contributed by atoms with Crippen LogP contribution in [0.4, 0.5) is 14.9 Å². The van der Waals surface area contributed by atoms with Crippen molar-refractivity contribution < 1.29 is 28.6 Å². The summed E-state index contributed by atoms with van der Waals surface area (Å²) in [6.45, 7) is 1.82. The van der Waals surface area contributed by atoms with E-state index in [1.807, 2.05) is 48.5 Å². The smallest absolute Gasteiger partial charge is 0.407 e. The molecule has 0 aromatic heterocycles. The molecule has 7 nitrogen and oxygen atoms in total. The SMILES string of the molecule is CC[C@H](NC(=O)OCC1c2ccccc2-c2ccccc21)C(=O)Nc1ccc(F)c(C(=O)O)c1. The van der Waals surface area contributed by atoms with Crippen LogP contribution in [0.2, 0.25) is 0 Å². The van der Waals surface area contributed by atoms with Crippen molar-refractivity contribution >= 4 is 23.7 Å². The molecule has 0 bridgehead atoms. The van der Waals surface area contributed by atoms with E-state index in [2.05, 4.69) is 10.6 Å². The van der Waals surface area contributed by atoms with E-state index in [1.165, 1.54) is 6.07 Å². The molecule has 0 unspecified atom stereocenters. The maximum absolute atomic E-state index is 13.6. The number of carbonyl (C=O) groups excluding carboxylic acids is 2. The summed E-state index contributed by atoms with van der Waals surface area (Å²) in [7, 11) is 0. The third-order valence-corrected chi connectivity index (χ3v) is 5.82. The number of hydrogen-bond donors (Lipinski definition) is 3. The Morgan fingerprint density at radius 3 is 2.21 bits per heavy atom. The number of amides is 2. The Morgan fingerprint density at radius 2 is 1.62 bits per heavy atom. The number of nitrogens with one attached hydrogen (secondary N) is 2. The predicted molar refractivity (Wildman–Crippen MR) is 124 cm³/mol. The zero-order chi connectivity index (χ0) is 24.2. The Kier molecular flexibility index (Phi) is 6.58. The number of hydrogen-bond acceptors (Lipinski definition) is 4. The van der Waals surface area contributed by atoms with Crippen molar-refractivity contribution in [3.8, 4) is 11.1 Å². The highest BCUT2D eigenvalue weighted by Crippen LogP contribution is 2.44. The van der Waals surface area contributed by atoms with Gasteiger partial charge in [-0.15, -0.1) is 0 Å². The fraction of sp³-hybridized carbons (Fsp3) is 0.192. The van der Waals surface area contributed by atoms with Crippen LogP contribution in [0.15, 0.2) is 66.7 Å². The van der Waals surface area contributed by atoms with E-state index in [-0.39, 0.29) is 24.6 Å². The van der Waals surface area contributed by atoms with Crippen LogP contribution < -0.4 is 10.6 Å². The van der Waals surface area contributed by atoms with Crippen molar-refractivity contribution in [1.29, 1.82) is 0 Å². The highest BCUT2D eigenvalue weighted by Gasteiger charge is 2.29. The Morgan fingerprint density at radius 1 is 1.00 bits per heavy atom. The number of rotatable bonds is 7. The maximum atomic E-state index is 13.6. The molecule has 1 aliphatic carbocycles. The summed E-state index contributed by atoms with van der Waals surface area (Å²) >= 11 is 0. The third kappa shape index (κ3) is 4.61. The van der Waals surface area contributed by atoms with Gasteiger partial charge in [0.05, 0.1) is 5.56 Å². The molecule has 1 aliphatic rings. The molecule has 4 rings (SSSR count). The summed E-state index contributed by atoms with van der Waals surface area (Å²) in [5.74, 6) is -3.04. The van der Waals surface area contributed by atoms with Crippen molar-refractivity contribution in [3.63, 3.8) is 0 Å². The number of alkyl carbamates (subject to hydrolysis) is 1. The van der Waals surface area contributed by atoms with Gasteiger partial charge in [-0.1, -0.05) is 55.5 Å². The highest BCUT2D eigenvalue weighted by atomic mass is 19.1. The predicted octanol–water partition coefficient (Wildman–Crippen LogP) is 4.78. The van der Waals surface area contributed by atoms with E-state index < -0.39 is 35.4 Å². The van der Waals surface area contributed by atoms with E-state index >= 15 is 0 Å². The first-order chi connectivity index (χ1) is 16.4. The van der Waals surface area contributed by atoms with E-state index in [0.29, 0.717) is 0 Å². The normalized spacial score (nSPS) is 12.9. The molecule has 8 heteroatoms. The van der Waals surface area contributed by atoms with Gasteiger partial charge in [-0.2, -0.15) is 0 Å². The summed E-state index contributed by atoms with van der Waals surface area (Å²) in [4.78, 5) is 36.2. The molecule has 3 aromatic rings. The molecular weight excluding hydrogens is 439 g/mol. The van der Waals surface area contributed by atoms with Crippen molar-refractivity contribution in [2.45, 2.75) is 25.3 Å². The van der Waals surface area contributed by atoms with Crippen LogP contribution in [0.1, 0.15) is 40.7 Å². The summed E-state index contributed by atoms with van der Waals surface area (Å²) < 4.78 is 19.1. The van der Waals surface area contributed by atoms with Crippen LogP contribution in [-0.4, -0.2) is 35.7 Å². The lowest BCUT2D eigenvalue weighted by atomic mass is 9.98. The van der Waals surface area contributed by atoms with Gasteiger partial charge in [0.2, 0.25) is 5.91 Å². The summed E-state index contributed by atoms with van der Waals surface area (Å²) in [5.41, 5.74) is 3.92. The van der Waals surface area contributed by atoms with Crippen LogP contribution >= 0.6 is 0 Å². The molecule has 0 saturated carbocycles. The first kappa shape index (κ1) is 23.0. The van der Waals surface area contributed by atoms with Crippen molar-refractivity contribution in [1.82, 2.24) is 5.32 Å². The molecule has 0 fully saturated rings. The van der Waals surface area contributed by atoms with E-state index in [4.69, 9.17) is 9.84 Å². The van der Waals surface area contributed by atoms with Crippen LogP contribution in [0.5, 0.6) is 0 Å². The standard InChI is InChI=1S/C26H23FN2O5/c1-2-23(24(30)28-15-11-12-22(27)20(13-15)25(31)32)29-26(33)34-14-21-18-9-5-3-7-16(18)17-8-4-6-10-19(17)21/h3-13,21,23H,2,14H2,1H3,(H,28,30)(H,29,33)(H,31,32)/t23-/m0/s1. The number of anilines is 1. The Bertz CT molecular complexity index is 1210. The number of ether oxygens (including phenoxy) is 1. The number of halogens is 1. The molecule has 3 aromatic carbocycles. The molecule has 0 saturated heterocycles. The van der Waals surface area contributed by atoms with Crippen LogP contribution in [-0.2, 0) is 9.53 Å². The van der Waals surface area contributed by atoms with Gasteiger partial charge >= 0.3 is 12.1 Å². The van der Waals surface area contributed by atoms with Gasteiger partial charge in [-0.25, -0.2) is 14.0 Å². The fourth-order valence-electron chi connectivity index (χ4n) is 4.13. The summed E-state index contributed by atoms with van der Waals surface area (Å²) in [5, 5.41) is 14.1. The lowest BCUT2D eigenvalue weighted by Crippen LogP contribution is -2.43. The number of aromatic carboxylic acids is 1. The maximum Gasteiger partial charge on any atom is 0.407 e. The number of fused-ring (bicyclic) bond motifs is 3. The molecule has 0 spiro atoms. The van der Waals surface area contributed by atoms with E-state index in [0.717, 1.165) is 34.4 Å². The van der Waals surface area contributed by atoms with Gasteiger partial charge in [-0.3, -0.25) is 4.79 Å². The van der Waals surface area contributed by atoms with Gasteiger partial charge in [0.1, 0.15) is 18.5 Å². The second-order valence-corrected chi connectivity index (χ2v) is 7.92. The molecule has 174 valence electrons. The number of carboxylic acid groups (broad SMARTS) is 1. The first-order valence-corrected chi connectivity index (χ1v) is 10.8. The second-order valence-electron chi connectivity index (χ2n) is 7.92. The molecule has 34 heavy (non-hydrogen) atoms. The minimum Gasteiger partial charge on any atom is -0.478 e. The largest absolute Gasteiger partial charge is 0.478 e. The monoisotopic (exact) mass is 462 g/mol. The average molecular weight is 462 g/mol. The molecule has 0 heterocycles. The van der Waals surface area contributed by atoms with Crippen LogP contribution in [0.3, 0.4) is 0 Å². The minimum absolute atomic E-state index is 0.108. The molecule has 3 N–H and O–H groups in total. The Balaban J connectivity index is 1.39. The Hall–Kier alpha value is -4.20. The fourth-order valence-corrected chi connectivity index (χ4v) is 4.13. The van der Waals surface area contributed by atoms with Gasteiger partial charge in [0.25, 0.3) is 0 Å². The first-order valence-electron chi connectivity index (χ1n) is 10.8. The quantitative estimate of drug-likeness (QED) is 0.469. The van der Waals surface area contributed by atoms with Gasteiger partial charge in [0.15, 0.2) is 0 Å². The summed E-state index contributed by atoms with van der Waals surface area (Å²) in [6.07, 6.45) is -0.475. The number of carboxylic acids is 1. The lowest BCUT2D eigenvalue weighted by molar-refractivity contribution is -0.118. The molecule has 0 radical (unpaired) electrons. The highest BCUT2D eigenvalue weighted by molar-refractivity contribution is 5.98. The van der Waals surface area contributed by atoms with Gasteiger partial charge < -0.3 is 20.5 Å². The minimum atomic E-state index is -1.45. The topological polar surface area (TPSA) is 105 Å². The van der Waals surface area contributed by atoms with Crippen molar-refractivity contribution in [2.24, 2.45) is 0 Å². The van der Waals surface area contributed by atoms with Gasteiger partial charge in [-0.05, 0) is 46.9 Å². The van der Waals surface area contributed by atoms with Crippen molar-refractivity contribution in [3.05, 3.63) is 89.2 Å². The van der Waals surface area contributed by atoms with Crippen LogP contribution in [0, 0.1) is 5.82 Å². The lowest BCUT2D eigenvalue weighted by Gasteiger charge is -2.19.